The van der Waals surface area contributed by atoms with E-state index >= 15 is 0 Å². The van der Waals surface area contributed by atoms with Crippen LogP contribution in [0.1, 0.15) is 22.0 Å². The fraction of sp³-hybridized carbons (Fsp3) is 0.167. The van der Waals surface area contributed by atoms with Crippen LogP contribution < -0.4 is 4.74 Å². The number of Topliss-reactive ketones (excluding diaryl/α,β-unsaturated/α-hetero) is 1. The van der Waals surface area contributed by atoms with Crippen LogP contribution in [-0.4, -0.2) is 35.4 Å². The highest BCUT2D eigenvalue weighted by Crippen LogP contribution is 2.41. The van der Waals surface area contributed by atoms with Crippen LogP contribution in [0.15, 0.2) is 65.6 Å². The Morgan fingerprint density at radius 2 is 1.94 bits per heavy atom. The first kappa shape index (κ1) is 22.0. The molecule has 1 aliphatic heterocycles. The number of rotatable bonds is 6. The van der Waals surface area contributed by atoms with E-state index in [0.29, 0.717) is 17.7 Å². The molecule has 1 saturated heterocycles. The maximum Gasteiger partial charge on any atom is 0.295 e. The lowest BCUT2D eigenvalue weighted by Crippen LogP contribution is -2.31. The van der Waals surface area contributed by atoms with E-state index in [9.17, 15) is 19.1 Å². The third-order valence-corrected chi connectivity index (χ3v) is 6.55. The van der Waals surface area contributed by atoms with Crippen molar-refractivity contribution in [2.45, 2.75) is 12.5 Å². The van der Waals surface area contributed by atoms with Gasteiger partial charge in [-0.25, -0.2) is 4.39 Å². The molecule has 32 heavy (non-hydrogen) atoms. The van der Waals surface area contributed by atoms with Crippen LogP contribution in [0.5, 0.6) is 5.75 Å². The number of ether oxygens (including phenoxy) is 1. The van der Waals surface area contributed by atoms with E-state index < -0.39 is 17.7 Å². The van der Waals surface area contributed by atoms with Gasteiger partial charge in [-0.3, -0.25) is 9.59 Å². The number of amides is 1. The van der Waals surface area contributed by atoms with Gasteiger partial charge in [0, 0.05) is 17.0 Å². The zero-order valence-electron chi connectivity index (χ0n) is 17.0. The van der Waals surface area contributed by atoms with Gasteiger partial charge in [0.2, 0.25) is 0 Å². The Hall–Kier alpha value is -3.16. The molecule has 1 atom stereocenters. The van der Waals surface area contributed by atoms with Gasteiger partial charge in [-0.15, -0.1) is 11.3 Å². The quantitative estimate of drug-likeness (QED) is 0.304. The van der Waals surface area contributed by atoms with Crippen molar-refractivity contribution in [1.82, 2.24) is 4.90 Å². The summed E-state index contributed by atoms with van der Waals surface area (Å²) < 4.78 is 18.3. The lowest BCUT2D eigenvalue weighted by atomic mass is 9.99. The summed E-state index contributed by atoms with van der Waals surface area (Å²) in [6.07, 6.45) is 0.434. The molecule has 0 aliphatic carbocycles. The molecule has 0 radical (unpaired) electrons. The van der Waals surface area contributed by atoms with Crippen molar-refractivity contribution in [3.63, 3.8) is 0 Å². The number of ketones is 1. The Balaban J connectivity index is 1.73. The number of methoxy groups -OCH3 is 1. The minimum atomic E-state index is -0.757. The van der Waals surface area contributed by atoms with E-state index in [0.717, 1.165) is 10.4 Å². The molecule has 3 aromatic rings. The summed E-state index contributed by atoms with van der Waals surface area (Å²) in [5.41, 5.74) is 1.16. The van der Waals surface area contributed by atoms with Gasteiger partial charge in [0.1, 0.15) is 17.3 Å². The van der Waals surface area contributed by atoms with Crippen molar-refractivity contribution >= 4 is 40.4 Å². The smallest absolute Gasteiger partial charge is 0.295 e. The molecule has 0 spiro atoms. The molecule has 1 fully saturated rings. The topological polar surface area (TPSA) is 66.8 Å². The number of aliphatic hydroxyl groups excluding tert-OH is 1. The van der Waals surface area contributed by atoms with Crippen LogP contribution in [0, 0.1) is 5.82 Å². The van der Waals surface area contributed by atoms with Gasteiger partial charge < -0.3 is 14.7 Å². The third-order valence-electron chi connectivity index (χ3n) is 5.33. The van der Waals surface area contributed by atoms with E-state index in [1.807, 2.05) is 17.5 Å². The van der Waals surface area contributed by atoms with E-state index in [1.165, 1.54) is 41.5 Å². The van der Waals surface area contributed by atoms with E-state index in [1.54, 1.807) is 24.3 Å². The van der Waals surface area contributed by atoms with Gasteiger partial charge in [0.15, 0.2) is 0 Å². The zero-order chi connectivity index (χ0) is 22.8. The number of halogens is 2. The number of hydrogen-bond acceptors (Lipinski definition) is 5. The second-order valence-electron chi connectivity index (χ2n) is 7.23. The number of carbonyl (C=O) groups excluding carboxylic acids is 2. The van der Waals surface area contributed by atoms with Crippen LogP contribution in [0.25, 0.3) is 5.76 Å². The summed E-state index contributed by atoms with van der Waals surface area (Å²) in [6, 6.07) is 13.6. The maximum atomic E-state index is 13.2. The molecular formula is C24H19ClFNO4S. The molecule has 1 N–H and O–H groups in total. The van der Waals surface area contributed by atoms with Crippen molar-refractivity contribution in [3.05, 3.63) is 92.4 Å². The lowest BCUT2D eigenvalue weighted by Gasteiger charge is -2.24. The molecule has 0 saturated carbocycles. The van der Waals surface area contributed by atoms with Gasteiger partial charge in [-0.05, 0) is 53.8 Å². The minimum absolute atomic E-state index is 0.0118. The second-order valence-corrected chi connectivity index (χ2v) is 8.62. The third kappa shape index (κ3) is 4.13. The Bertz CT molecular complexity index is 1190. The first-order valence-electron chi connectivity index (χ1n) is 9.81. The van der Waals surface area contributed by atoms with Gasteiger partial charge >= 0.3 is 0 Å². The van der Waals surface area contributed by atoms with Crippen LogP contribution >= 0.6 is 22.9 Å². The largest absolute Gasteiger partial charge is 0.507 e. The molecule has 1 unspecified atom stereocenters. The molecular weight excluding hydrogens is 453 g/mol. The number of carbonyl (C=O) groups is 2. The number of nitrogens with zero attached hydrogens (tertiary/aromatic N) is 1. The summed E-state index contributed by atoms with van der Waals surface area (Å²) >= 11 is 7.58. The first-order valence-corrected chi connectivity index (χ1v) is 11.1. The Labute approximate surface area is 193 Å². The number of hydrogen-bond donors (Lipinski definition) is 1. The van der Waals surface area contributed by atoms with Gasteiger partial charge in [-0.1, -0.05) is 29.8 Å². The molecule has 8 heteroatoms. The van der Waals surface area contributed by atoms with Crippen LogP contribution in [-0.2, 0) is 16.0 Å². The molecule has 4 rings (SSSR count). The highest BCUT2D eigenvalue weighted by molar-refractivity contribution is 7.10. The van der Waals surface area contributed by atoms with E-state index in [4.69, 9.17) is 16.3 Å². The van der Waals surface area contributed by atoms with E-state index in [2.05, 4.69) is 0 Å². The summed E-state index contributed by atoms with van der Waals surface area (Å²) in [4.78, 5) is 28.1. The SMILES string of the molecule is COc1ccc(/C(O)=C2/C(=O)C(=O)N(CCc3ccc(F)cc3)C2c2cccs2)cc1Cl. The Kier molecular flexibility index (Phi) is 6.30. The van der Waals surface area contributed by atoms with Crippen LogP contribution in [0.4, 0.5) is 4.39 Å². The van der Waals surface area contributed by atoms with Crippen molar-refractivity contribution in [3.8, 4) is 5.75 Å². The average molecular weight is 472 g/mol. The number of aliphatic hydroxyl groups is 1. The molecule has 0 bridgehead atoms. The molecule has 1 aliphatic rings. The Morgan fingerprint density at radius 1 is 1.19 bits per heavy atom. The number of likely N-dealkylation sites (tertiary alicyclic amines) is 1. The van der Waals surface area contributed by atoms with Crippen molar-refractivity contribution in [1.29, 1.82) is 0 Å². The van der Waals surface area contributed by atoms with Gasteiger partial charge in [0.05, 0.1) is 23.7 Å². The summed E-state index contributed by atoms with van der Waals surface area (Å²) in [5, 5.41) is 13.2. The van der Waals surface area contributed by atoms with Crippen molar-refractivity contribution < 1.29 is 23.8 Å². The van der Waals surface area contributed by atoms with Gasteiger partial charge in [0.25, 0.3) is 11.7 Å². The van der Waals surface area contributed by atoms with Crippen LogP contribution in [0.2, 0.25) is 5.02 Å². The fourth-order valence-electron chi connectivity index (χ4n) is 3.72. The molecule has 5 nitrogen and oxygen atoms in total. The van der Waals surface area contributed by atoms with Crippen molar-refractivity contribution in [2.75, 3.05) is 13.7 Å². The molecule has 2 aromatic carbocycles. The number of thiophene rings is 1. The normalized spacial score (nSPS) is 17.7. The standard InChI is InChI=1S/C24H19ClFNO4S/c1-31-18-9-6-15(13-17(18)25)22(28)20-21(19-3-2-12-32-19)27(24(30)23(20)29)11-10-14-4-7-16(26)8-5-14/h2-9,12-13,21,28H,10-11H2,1H3/b22-20-. The molecule has 2 heterocycles. The summed E-state index contributed by atoms with van der Waals surface area (Å²) in [6.45, 7) is 0.235. The minimum Gasteiger partial charge on any atom is -0.507 e. The lowest BCUT2D eigenvalue weighted by molar-refractivity contribution is -0.139. The summed E-state index contributed by atoms with van der Waals surface area (Å²) in [5.74, 6) is -1.65. The van der Waals surface area contributed by atoms with Crippen molar-refractivity contribution in [2.24, 2.45) is 0 Å². The average Bonchev–Trinajstić information content (AvgIpc) is 3.40. The number of benzene rings is 2. The Morgan fingerprint density at radius 3 is 2.56 bits per heavy atom. The molecule has 1 amide bonds. The first-order chi connectivity index (χ1) is 15.4. The highest BCUT2D eigenvalue weighted by atomic mass is 35.5. The predicted molar refractivity (Wildman–Crippen MR) is 121 cm³/mol. The molecule has 164 valence electrons. The maximum absolute atomic E-state index is 13.2. The molecule has 1 aromatic heterocycles. The fourth-order valence-corrected chi connectivity index (χ4v) is 4.83. The van der Waals surface area contributed by atoms with Gasteiger partial charge in [-0.2, -0.15) is 0 Å². The monoisotopic (exact) mass is 471 g/mol. The highest BCUT2D eigenvalue weighted by Gasteiger charge is 2.46. The summed E-state index contributed by atoms with van der Waals surface area (Å²) in [7, 11) is 1.48. The van der Waals surface area contributed by atoms with E-state index in [-0.39, 0.29) is 28.7 Å². The second kappa shape index (κ2) is 9.14. The van der Waals surface area contributed by atoms with Crippen LogP contribution in [0.3, 0.4) is 0 Å². The zero-order valence-corrected chi connectivity index (χ0v) is 18.6. The predicted octanol–water partition coefficient (Wildman–Crippen LogP) is 5.21.